The van der Waals surface area contributed by atoms with Gasteiger partial charge in [-0.25, -0.2) is 4.98 Å². The zero-order chi connectivity index (χ0) is 16.8. The average Bonchev–Trinajstić information content (AvgIpc) is 2.94. The summed E-state index contributed by atoms with van der Waals surface area (Å²) < 4.78 is 4.86. The highest BCUT2D eigenvalue weighted by Crippen LogP contribution is 2.19. The quantitative estimate of drug-likeness (QED) is 0.763. The third-order valence-electron chi connectivity index (χ3n) is 3.13. The number of nitrogens with zero attached hydrogens (tertiary/aromatic N) is 1. The molecule has 1 heterocycles. The number of carbonyl (C=O) groups excluding carboxylic acids is 2. The summed E-state index contributed by atoms with van der Waals surface area (Å²) in [5.74, 6) is -0.682. The molecule has 0 aliphatic carbocycles. The molecule has 130 valence electrons. The van der Waals surface area contributed by atoms with Gasteiger partial charge in [-0.3, -0.25) is 9.59 Å². The van der Waals surface area contributed by atoms with Crippen LogP contribution in [0.15, 0.2) is 29.6 Å². The van der Waals surface area contributed by atoms with Gasteiger partial charge in [0.2, 0.25) is 5.91 Å². The molecule has 24 heavy (non-hydrogen) atoms. The lowest BCUT2D eigenvalue weighted by atomic mass is 10.1. The first-order valence-electron chi connectivity index (χ1n) is 7.22. The Balaban J connectivity index is 0.00000288. The third kappa shape index (κ3) is 5.59. The van der Waals surface area contributed by atoms with E-state index in [1.54, 1.807) is 12.3 Å². The van der Waals surface area contributed by atoms with Gasteiger partial charge in [-0.05, 0) is 19.4 Å². The van der Waals surface area contributed by atoms with Gasteiger partial charge in [-0.15, -0.1) is 23.7 Å². The van der Waals surface area contributed by atoms with Crippen LogP contribution in [0, 0.1) is 6.92 Å². The minimum atomic E-state index is -0.770. The van der Waals surface area contributed by atoms with Crippen molar-refractivity contribution in [2.45, 2.75) is 26.3 Å². The van der Waals surface area contributed by atoms with Gasteiger partial charge in [-0.1, -0.05) is 29.8 Å². The molecule has 0 radical (unpaired) electrons. The Kier molecular flexibility index (Phi) is 7.84. The number of carbonyl (C=O) groups is 2. The molecular weight excluding hydrogens is 350 g/mol. The zero-order valence-corrected chi connectivity index (χ0v) is 15.1. The Morgan fingerprint density at radius 2 is 2.00 bits per heavy atom. The number of rotatable bonds is 6. The van der Waals surface area contributed by atoms with Gasteiger partial charge in [0.05, 0.1) is 18.7 Å². The van der Waals surface area contributed by atoms with Crippen molar-refractivity contribution in [2.24, 2.45) is 5.73 Å². The Morgan fingerprint density at radius 3 is 2.62 bits per heavy atom. The number of halogens is 1. The van der Waals surface area contributed by atoms with E-state index in [2.05, 4.69) is 10.3 Å². The molecule has 2 rings (SSSR count). The monoisotopic (exact) mass is 369 g/mol. The zero-order valence-electron chi connectivity index (χ0n) is 13.4. The van der Waals surface area contributed by atoms with E-state index in [0.717, 1.165) is 11.1 Å². The molecular formula is C16H20ClN3O3S. The number of thiazole rings is 1. The van der Waals surface area contributed by atoms with Crippen LogP contribution in [0.5, 0.6) is 0 Å². The third-order valence-corrected chi connectivity index (χ3v) is 3.94. The number of nitrogens with one attached hydrogen (secondary N) is 1. The van der Waals surface area contributed by atoms with E-state index >= 15 is 0 Å². The lowest BCUT2D eigenvalue weighted by Crippen LogP contribution is -2.27. The van der Waals surface area contributed by atoms with Crippen molar-refractivity contribution in [1.29, 1.82) is 0 Å². The fourth-order valence-corrected chi connectivity index (χ4v) is 2.63. The van der Waals surface area contributed by atoms with Crippen molar-refractivity contribution in [3.63, 3.8) is 0 Å². The molecule has 6 nitrogen and oxygen atoms in total. The Labute approximate surface area is 150 Å². The van der Waals surface area contributed by atoms with Gasteiger partial charge < -0.3 is 15.8 Å². The molecule has 1 amide bonds. The van der Waals surface area contributed by atoms with Crippen molar-refractivity contribution in [3.8, 4) is 0 Å². The normalized spacial score (nSPS) is 11.3. The second-order valence-electron chi connectivity index (χ2n) is 5.00. The minimum Gasteiger partial charge on any atom is -0.466 e. The summed E-state index contributed by atoms with van der Waals surface area (Å²) in [6.45, 7) is 4.05. The maximum Gasteiger partial charge on any atom is 0.311 e. The highest BCUT2D eigenvalue weighted by Gasteiger charge is 2.17. The first-order valence-corrected chi connectivity index (χ1v) is 8.10. The first-order chi connectivity index (χ1) is 11.0. The highest BCUT2D eigenvalue weighted by molar-refractivity contribution is 7.13. The van der Waals surface area contributed by atoms with Crippen LogP contribution in [0.1, 0.15) is 29.8 Å². The van der Waals surface area contributed by atoms with Gasteiger partial charge in [-0.2, -0.15) is 0 Å². The van der Waals surface area contributed by atoms with Gasteiger partial charge >= 0.3 is 5.97 Å². The molecule has 3 N–H and O–H groups in total. The van der Waals surface area contributed by atoms with E-state index in [-0.39, 0.29) is 30.7 Å². The second kappa shape index (κ2) is 9.36. The van der Waals surface area contributed by atoms with E-state index in [4.69, 9.17) is 10.5 Å². The number of nitrogens with two attached hydrogens (primary N) is 1. The maximum atomic E-state index is 12.2. The van der Waals surface area contributed by atoms with Crippen LogP contribution >= 0.6 is 23.7 Å². The molecule has 8 heteroatoms. The second-order valence-corrected chi connectivity index (χ2v) is 5.86. The standard InChI is InChI=1S/C16H19N3O3S.ClH/c1-3-22-13(20)8-12-9-23-16(18-12)19-15(21)14(17)11-6-4-10(2)5-7-11;/h4-7,9,14H,3,8,17H2,1-2H3,(H,18,19,21);1H. The number of anilines is 1. The van der Waals surface area contributed by atoms with Crippen LogP contribution in [0.4, 0.5) is 5.13 Å². The minimum absolute atomic E-state index is 0. The van der Waals surface area contributed by atoms with Crippen molar-refractivity contribution in [3.05, 3.63) is 46.5 Å². The van der Waals surface area contributed by atoms with Crippen LogP contribution in [0.25, 0.3) is 0 Å². The number of amides is 1. The number of benzene rings is 1. The predicted octanol–water partition coefficient (Wildman–Crippen LogP) is 2.62. The molecule has 0 fully saturated rings. The van der Waals surface area contributed by atoms with Gasteiger partial charge in [0.1, 0.15) is 6.04 Å². The number of ether oxygens (including phenoxy) is 1. The molecule has 1 aromatic carbocycles. The topological polar surface area (TPSA) is 94.3 Å². The SMILES string of the molecule is CCOC(=O)Cc1csc(NC(=O)C(N)c2ccc(C)cc2)n1.Cl. The van der Waals surface area contributed by atoms with Crippen LogP contribution in [-0.4, -0.2) is 23.5 Å². The predicted molar refractivity (Wildman–Crippen MR) is 96.4 cm³/mol. The Morgan fingerprint density at radius 1 is 1.33 bits per heavy atom. The fourth-order valence-electron chi connectivity index (χ4n) is 1.91. The number of aromatic nitrogens is 1. The summed E-state index contributed by atoms with van der Waals surface area (Å²) in [4.78, 5) is 27.8. The van der Waals surface area contributed by atoms with E-state index in [0.29, 0.717) is 17.4 Å². The van der Waals surface area contributed by atoms with Crippen LogP contribution < -0.4 is 11.1 Å². The molecule has 0 bridgehead atoms. The van der Waals surface area contributed by atoms with Gasteiger partial charge in [0, 0.05) is 5.38 Å². The number of hydrogen-bond acceptors (Lipinski definition) is 6. The molecule has 2 aromatic rings. The summed E-state index contributed by atoms with van der Waals surface area (Å²) in [6, 6.07) is 6.70. The summed E-state index contributed by atoms with van der Waals surface area (Å²) >= 11 is 1.25. The summed E-state index contributed by atoms with van der Waals surface area (Å²) in [5, 5.41) is 4.80. The molecule has 0 aliphatic rings. The fraction of sp³-hybridized carbons (Fsp3) is 0.312. The largest absolute Gasteiger partial charge is 0.466 e. The van der Waals surface area contributed by atoms with Crippen LogP contribution in [0.3, 0.4) is 0 Å². The summed E-state index contributed by atoms with van der Waals surface area (Å²) in [6.07, 6.45) is 0.0875. The number of hydrogen-bond donors (Lipinski definition) is 2. The van der Waals surface area contributed by atoms with E-state index < -0.39 is 6.04 Å². The first kappa shape index (κ1) is 20.1. The number of esters is 1. The van der Waals surface area contributed by atoms with Crippen molar-refractivity contribution in [2.75, 3.05) is 11.9 Å². The van der Waals surface area contributed by atoms with Crippen molar-refractivity contribution >= 4 is 40.8 Å². The molecule has 0 saturated carbocycles. The van der Waals surface area contributed by atoms with E-state index in [1.165, 1.54) is 11.3 Å². The highest BCUT2D eigenvalue weighted by atomic mass is 35.5. The van der Waals surface area contributed by atoms with E-state index in [1.807, 2.05) is 31.2 Å². The molecule has 0 spiro atoms. The van der Waals surface area contributed by atoms with Crippen LogP contribution in [0.2, 0.25) is 0 Å². The Hall–Kier alpha value is -1.96. The smallest absolute Gasteiger partial charge is 0.311 e. The van der Waals surface area contributed by atoms with Gasteiger partial charge in [0.25, 0.3) is 0 Å². The van der Waals surface area contributed by atoms with Crippen molar-refractivity contribution < 1.29 is 14.3 Å². The van der Waals surface area contributed by atoms with Crippen LogP contribution in [-0.2, 0) is 20.7 Å². The summed E-state index contributed by atoms with van der Waals surface area (Å²) in [5.41, 5.74) is 8.35. The summed E-state index contributed by atoms with van der Waals surface area (Å²) in [7, 11) is 0. The molecule has 1 unspecified atom stereocenters. The molecule has 0 saturated heterocycles. The average molecular weight is 370 g/mol. The molecule has 0 aliphatic heterocycles. The van der Waals surface area contributed by atoms with Crippen molar-refractivity contribution in [1.82, 2.24) is 4.98 Å². The van der Waals surface area contributed by atoms with Gasteiger partial charge in [0.15, 0.2) is 5.13 Å². The number of aryl methyl sites for hydroxylation is 1. The Bertz CT molecular complexity index is 688. The van der Waals surface area contributed by atoms with E-state index in [9.17, 15) is 9.59 Å². The lowest BCUT2D eigenvalue weighted by Gasteiger charge is -2.11. The molecule has 1 atom stereocenters. The lowest BCUT2D eigenvalue weighted by molar-refractivity contribution is -0.142. The molecule has 1 aromatic heterocycles. The maximum absolute atomic E-state index is 12.2.